The normalized spacial score (nSPS) is 21.2. The Hall–Kier alpha value is -1.84. The van der Waals surface area contributed by atoms with E-state index in [0.717, 1.165) is 29.9 Å². The van der Waals surface area contributed by atoms with E-state index in [1.165, 1.54) is 12.8 Å². The summed E-state index contributed by atoms with van der Waals surface area (Å²) in [5.41, 5.74) is 2.70. The van der Waals surface area contributed by atoms with E-state index >= 15 is 0 Å². The van der Waals surface area contributed by atoms with Gasteiger partial charge in [-0.2, -0.15) is 0 Å². The lowest BCUT2D eigenvalue weighted by Gasteiger charge is -2.26. The van der Waals surface area contributed by atoms with Crippen molar-refractivity contribution in [2.24, 2.45) is 5.92 Å². The van der Waals surface area contributed by atoms with Crippen LogP contribution in [0, 0.1) is 19.8 Å². The molecule has 4 heteroatoms. The third-order valence-electron chi connectivity index (χ3n) is 4.27. The van der Waals surface area contributed by atoms with Gasteiger partial charge in [-0.05, 0) is 57.6 Å². The number of amides is 2. The molecule has 2 N–H and O–H groups in total. The summed E-state index contributed by atoms with van der Waals surface area (Å²) < 4.78 is 0. The second-order valence-corrected chi connectivity index (χ2v) is 6.58. The summed E-state index contributed by atoms with van der Waals surface area (Å²) >= 11 is 0. The maximum absolute atomic E-state index is 12.1. The summed E-state index contributed by atoms with van der Waals surface area (Å²) in [4.78, 5) is 24.0. The van der Waals surface area contributed by atoms with E-state index in [4.69, 9.17) is 0 Å². The van der Waals surface area contributed by atoms with E-state index in [2.05, 4.69) is 17.6 Å². The van der Waals surface area contributed by atoms with E-state index < -0.39 is 0 Å². The van der Waals surface area contributed by atoms with Gasteiger partial charge in [0.15, 0.2) is 0 Å². The van der Waals surface area contributed by atoms with Crippen molar-refractivity contribution in [3.8, 4) is 0 Å². The third kappa shape index (κ3) is 4.86. The van der Waals surface area contributed by atoms with Crippen LogP contribution in [0.1, 0.15) is 54.1 Å². The van der Waals surface area contributed by atoms with Gasteiger partial charge in [0.2, 0.25) is 5.91 Å². The largest absolute Gasteiger partial charge is 0.352 e. The first kappa shape index (κ1) is 16.5. The molecule has 0 aromatic heterocycles. The molecule has 1 saturated carbocycles. The van der Waals surface area contributed by atoms with Crippen molar-refractivity contribution in [1.82, 2.24) is 10.6 Å². The molecule has 4 nitrogen and oxygen atoms in total. The summed E-state index contributed by atoms with van der Waals surface area (Å²) in [7, 11) is 0. The Morgan fingerprint density at radius 1 is 1.05 bits per heavy atom. The fourth-order valence-electron chi connectivity index (χ4n) is 3.05. The Bertz CT molecular complexity index is 526. The molecule has 0 radical (unpaired) electrons. The third-order valence-corrected chi connectivity index (χ3v) is 4.27. The quantitative estimate of drug-likeness (QED) is 0.898. The lowest BCUT2D eigenvalue weighted by atomic mass is 9.87. The standard InChI is InChI=1S/C18H26N2O2/c1-12-4-6-16(7-5-12)20-17(21)11-19-18(22)15-9-13(2)8-14(3)10-15/h8-10,12,16H,4-7,11H2,1-3H3,(H,19,22)(H,20,21). The average Bonchev–Trinajstić information content (AvgIpc) is 2.46. The zero-order valence-electron chi connectivity index (χ0n) is 13.7. The van der Waals surface area contributed by atoms with Crippen LogP contribution in [-0.4, -0.2) is 24.4 Å². The molecule has 0 atom stereocenters. The number of hydrogen-bond acceptors (Lipinski definition) is 2. The summed E-state index contributed by atoms with van der Waals surface area (Å²) in [5.74, 6) is 0.467. The molecule has 1 fully saturated rings. The molecule has 120 valence electrons. The lowest BCUT2D eigenvalue weighted by Crippen LogP contribution is -2.43. The van der Waals surface area contributed by atoms with Gasteiger partial charge >= 0.3 is 0 Å². The Morgan fingerprint density at radius 2 is 1.64 bits per heavy atom. The predicted octanol–water partition coefficient (Wildman–Crippen LogP) is 2.73. The molecule has 0 unspecified atom stereocenters. The second-order valence-electron chi connectivity index (χ2n) is 6.58. The molecule has 2 rings (SSSR count). The highest BCUT2D eigenvalue weighted by Gasteiger charge is 2.19. The summed E-state index contributed by atoms with van der Waals surface area (Å²) in [6.07, 6.45) is 4.41. The molecule has 1 aromatic carbocycles. The predicted molar refractivity (Wildman–Crippen MR) is 87.8 cm³/mol. The van der Waals surface area contributed by atoms with E-state index in [0.29, 0.717) is 5.56 Å². The summed E-state index contributed by atoms with van der Waals surface area (Å²) in [6.45, 7) is 6.21. The van der Waals surface area contributed by atoms with Crippen molar-refractivity contribution < 1.29 is 9.59 Å². The molecular weight excluding hydrogens is 276 g/mol. The minimum absolute atomic E-state index is 0.0396. The SMILES string of the molecule is Cc1cc(C)cc(C(=O)NCC(=O)NC2CCC(C)CC2)c1. The van der Waals surface area contributed by atoms with Crippen molar-refractivity contribution in [3.05, 3.63) is 34.9 Å². The lowest BCUT2D eigenvalue weighted by molar-refractivity contribution is -0.121. The molecule has 22 heavy (non-hydrogen) atoms. The van der Waals surface area contributed by atoms with E-state index in [-0.39, 0.29) is 24.4 Å². The van der Waals surface area contributed by atoms with Crippen LogP contribution in [0.4, 0.5) is 0 Å². The van der Waals surface area contributed by atoms with Crippen LogP contribution >= 0.6 is 0 Å². The Labute approximate surface area is 132 Å². The van der Waals surface area contributed by atoms with Gasteiger partial charge in [-0.3, -0.25) is 9.59 Å². The first-order valence-electron chi connectivity index (χ1n) is 8.10. The van der Waals surface area contributed by atoms with Crippen LogP contribution in [-0.2, 0) is 4.79 Å². The zero-order chi connectivity index (χ0) is 16.1. The van der Waals surface area contributed by atoms with E-state index in [9.17, 15) is 9.59 Å². The van der Waals surface area contributed by atoms with Crippen molar-refractivity contribution in [3.63, 3.8) is 0 Å². The second kappa shape index (κ2) is 7.43. The number of carbonyl (C=O) groups is 2. The summed E-state index contributed by atoms with van der Waals surface area (Å²) in [6, 6.07) is 5.96. The topological polar surface area (TPSA) is 58.2 Å². The van der Waals surface area contributed by atoms with Crippen LogP contribution in [0.25, 0.3) is 0 Å². The molecule has 1 aliphatic carbocycles. The number of hydrogen-bond donors (Lipinski definition) is 2. The zero-order valence-corrected chi connectivity index (χ0v) is 13.7. The molecular formula is C18H26N2O2. The van der Waals surface area contributed by atoms with Gasteiger partial charge in [0.1, 0.15) is 0 Å². The highest BCUT2D eigenvalue weighted by atomic mass is 16.2. The van der Waals surface area contributed by atoms with E-state index in [1.54, 1.807) is 0 Å². The maximum Gasteiger partial charge on any atom is 0.251 e. The molecule has 2 amide bonds. The number of nitrogens with one attached hydrogen (secondary N) is 2. The van der Waals surface area contributed by atoms with Gasteiger partial charge in [-0.25, -0.2) is 0 Å². The first-order valence-corrected chi connectivity index (χ1v) is 8.10. The maximum atomic E-state index is 12.1. The van der Waals surface area contributed by atoms with Gasteiger partial charge in [-0.1, -0.05) is 24.1 Å². The van der Waals surface area contributed by atoms with Gasteiger partial charge in [0.05, 0.1) is 6.54 Å². The van der Waals surface area contributed by atoms with Crippen LogP contribution in [0.2, 0.25) is 0 Å². The van der Waals surface area contributed by atoms with Crippen LogP contribution in [0.15, 0.2) is 18.2 Å². The molecule has 1 aliphatic rings. The molecule has 0 bridgehead atoms. The van der Waals surface area contributed by atoms with Gasteiger partial charge in [-0.15, -0.1) is 0 Å². The number of carbonyl (C=O) groups excluding carboxylic acids is 2. The molecule has 1 aromatic rings. The van der Waals surface area contributed by atoms with Crippen molar-refractivity contribution in [2.75, 3.05) is 6.54 Å². The monoisotopic (exact) mass is 302 g/mol. The number of rotatable bonds is 4. The Balaban J connectivity index is 1.79. The molecule has 0 heterocycles. The highest BCUT2D eigenvalue weighted by Crippen LogP contribution is 2.23. The van der Waals surface area contributed by atoms with Crippen LogP contribution in [0.5, 0.6) is 0 Å². The Morgan fingerprint density at radius 3 is 2.23 bits per heavy atom. The number of benzene rings is 1. The van der Waals surface area contributed by atoms with Crippen molar-refractivity contribution >= 4 is 11.8 Å². The molecule has 0 saturated heterocycles. The van der Waals surface area contributed by atoms with Gasteiger partial charge in [0.25, 0.3) is 5.91 Å². The highest BCUT2D eigenvalue weighted by molar-refractivity contribution is 5.96. The van der Waals surface area contributed by atoms with Gasteiger partial charge in [0, 0.05) is 11.6 Å². The van der Waals surface area contributed by atoms with Crippen molar-refractivity contribution in [2.45, 2.75) is 52.5 Å². The average molecular weight is 302 g/mol. The van der Waals surface area contributed by atoms with Crippen LogP contribution in [0.3, 0.4) is 0 Å². The van der Waals surface area contributed by atoms with E-state index in [1.807, 2.05) is 32.0 Å². The summed E-state index contributed by atoms with van der Waals surface area (Å²) in [5, 5.41) is 5.72. The fourth-order valence-corrected chi connectivity index (χ4v) is 3.05. The Kier molecular flexibility index (Phi) is 5.58. The van der Waals surface area contributed by atoms with Crippen LogP contribution < -0.4 is 10.6 Å². The number of aryl methyl sites for hydroxylation is 2. The fraction of sp³-hybridized carbons (Fsp3) is 0.556. The smallest absolute Gasteiger partial charge is 0.251 e. The van der Waals surface area contributed by atoms with Crippen molar-refractivity contribution in [1.29, 1.82) is 0 Å². The molecule has 0 spiro atoms. The minimum atomic E-state index is -0.195. The first-order chi connectivity index (χ1) is 10.4. The minimum Gasteiger partial charge on any atom is -0.352 e. The van der Waals surface area contributed by atoms with Gasteiger partial charge < -0.3 is 10.6 Å². The molecule has 0 aliphatic heterocycles.